The number of nitrogens with zero attached hydrogens (tertiary/aromatic N) is 1. The molecule has 1 aromatic carbocycles. The van der Waals surface area contributed by atoms with Crippen molar-refractivity contribution in [2.24, 2.45) is 0 Å². The standard InChI is InChI=1S/C16H15ClN2O4/c1-11(12-5-4-6-13(17)9-12)18-15(20)10-23-16(21)14-7-2-3-8-19(14)22/h2-9,11H,10H2,1H3,(H,18,20)/t11-/m1/s1. The van der Waals surface area contributed by atoms with E-state index in [0.717, 1.165) is 5.56 Å². The van der Waals surface area contributed by atoms with Crippen LogP contribution in [-0.2, 0) is 9.53 Å². The summed E-state index contributed by atoms with van der Waals surface area (Å²) in [5.41, 5.74) is 0.654. The minimum atomic E-state index is -0.855. The molecule has 0 saturated heterocycles. The molecule has 6 nitrogen and oxygen atoms in total. The van der Waals surface area contributed by atoms with Crippen LogP contribution >= 0.6 is 11.6 Å². The normalized spacial score (nSPS) is 11.6. The largest absolute Gasteiger partial charge is 0.618 e. The topological polar surface area (TPSA) is 82.3 Å². The summed E-state index contributed by atoms with van der Waals surface area (Å²) in [4.78, 5) is 23.6. The van der Waals surface area contributed by atoms with Gasteiger partial charge in [-0.2, -0.15) is 4.73 Å². The SMILES string of the molecule is C[C@@H](NC(=O)COC(=O)c1cccc[n+]1[O-])c1cccc(Cl)c1. The summed E-state index contributed by atoms with van der Waals surface area (Å²) in [6.45, 7) is 1.31. The Morgan fingerprint density at radius 2 is 2.09 bits per heavy atom. The minimum absolute atomic E-state index is 0.178. The van der Waals surface area contributed by atoms with Crippen LogP contribution in [0.5, 0.6) is 0 Å². The first kappa shape index (κ1) is 16.8. The third-order valence-electron chi connectivity index (χ3n) is 3.09. The molecule has 1 atom stereocenters. The molecule has 2 aromatic rings. The van der Waals surface area contributed by atoms with Gasteiger partial charge in [0.2, 0.25) is 0 Å². The van der Waals surface area contributed by atoms with Gasteiger partial charge in [-0.3, -0.25) is 4.79 Å². The molecule has 7 heteroatoms. The third-order valence-corrected chi connectivity index (χ3v) is 3.33. The number of amides is 1. The third kappa shape index (κ3) is 4.69. The first-order valence-electron chi connectivity index (χ1n) is 6.87. The number of aromatic nitrogens is 1. The molecular formula is C16H15ClN2O4. The molecule has 2 rings (SSSR count). The number of hydrogen-bond acceptors (Lipinski definition) is 4. The van der Waals surface area contributed by atoms with E-state index >= 15 is 0 Å². The molecule has 0 unspecified atom stereocenters. The van der Waals surface area contributed by atoms with Gasteiger partial charge in [0.25, 0.3) is 5.91 Å². The van der Waals surface area contributed by atoms with Crippen LogP contribution in [0.2, 0.25) is 5.02 Å². The van der Waals surface area contributed by atoms with Gasteiger partial charge in [-0.15, -0.1) is 0 Å². The van der Waals surface area contributed by atoms with Crippen LogP contribution in [0.15, 0.2) is 48.7 Å². The van der Waals surface area contributed by atoms with Crippen LogP contribution in [-0.4, -0.2) is 18.5 Å². The van der Waals surface area contributed by atoms with Crippen LogP contribution in [0.4, 0.5) is 0 Å². The molecular weight excluding hydrogens is 320 g/mol. The maximum Gasteiger partial charge on any atom is 0.405 e. The predicted molar refractivity (Wildman–Crippen MR) is 83.7 cm³/mol. The van der Waals surface area contributed by atoms with Crippen LogP contribution < -0.4 is 10.0 Å². The molecule has 23 heavy (non-hydrogen) atoms. The van der Waals surface area contributed by atoms with E-state index in [4.69, 9.17) is 16.3 Å². The molecule has 0 radical (unpaired) electrons. The maximum absolute atomic E-state index is 11.8. The fourth-order valence-electron chi connectivity index (χ4n) is 1.93. The van der Waals surface area contributed by atoms with Crippen molar-refractivity contribution in [2.75, 3.05) is 6.61 Å². The number of benzene rings is 1. The van der Waals surface area contributed by atoms with Crippen molar-refractivity contribution in [2.45, 2.75) is 13.0 Å². The van der Waals surface area contributed by atoms with E-state index < -0.39 is 18.5 Å². The Balaban J connectivity index is 1.88. The number of carbonyl (C=O) groups excluding carboxylic acids is 2. The lowest BCUT2D eigenvalue weighted by molar-refractivity contribution is -0.608. The van der Waals surface area contributed by atoms with Gasteiger partial charge in [0.05, 0.1) is 6.04 Å². The monoisotopic (exact) mass is 334 g/mol. The van der Waals surface area contributed by atoms with E-state index in [-0.39, 0.29) is 11.7 Å². The van der Waals surface area contributed by atoms with Crippen LogP contribution in [0.3, 0.4) is 0 Å². The van der Waals surface area contributed by atoms with Gasteiger partial charge in [0.15, 0.2) is 12.8 Å². The van der Waals surface area contributed by atoms with Crippen LogP contribution in [0, 0.1) is 5.21 Å². The van der Waals surface area contributed by atoms with Crippen molar-refractivity contribution in [3.63, 3.8) is 0 Å². The summed E-state index contributed by atoms with van der Waals surface area (Å²) in [7, 11) is 0. The minimum Gasteiger partial charge on any atom is -0.618 e. The molecule has 0 fully saturated rings. The average molecular weight is 335 g/mol. The van der Waals surface area contributed by atoms with E-state index in [0.29, 0.717) is 9.75 Å². The quantitative estimate of drug-likeness (QED) is 0.515. The lowest BCUT2D eigenvalue weighted by atomic mass is 10.1. The summed E-state index contributed by atoms with van der Waals surface area (Å²) in [6.07, 6.45) is 1.18. The fourth-order valence-corrected chi connectivity index (χ4v) is 2.13. The lowest BCUT2D eigenvalue weighted by Gasteiger charge is -2.14. The van der Waals surface area contributed by atoms with Crippen molar-refractivity contribution in [1.82, 2.24) is 5.32 Å². The Hall–Kier alpha value is -2.60. The second kappa shape index (κ2) is 7.60. The van der Waals surface area contributed by atoms with Gasteiger partial charge in [-0.05, 0) is 30.7 Å². The van der Waals surface area contributed by atoms with E-state index in [2.05, 4.69) is 5.32 Å². The zero-order valence-electron chi connectivity index (χ0n) is 12.4. The van der Waals surface area contributed by atoms with Gasteiger partial charge in [-0.1, -0.05) is 23.7 Å². The number of pyridine rings is 1. The van der Waals surface area contributed by atoms with Crippen molar-refractivity contribution in [3.8, 4) is 0 Å². The molecule has 0 aliphatic carbocycles. The number of esters is 1. The van der Waals surface area contributed by atoms with Crippen LogP contribution in [0.25, 0.3) is 0 Å². The van der Waals surface area contributed by atoms with E-state index in [1.165, 1.54) is 24.4 Å². The smallest absolute Gasteiger partial charge is 0.405 e. The number of nitrogens with one attached hydrogen (secondary N) is 1. The van der Waals surface area contributed by atoms with Gasteiger partial charge < -0.3 is 15.3 Å². The number of rotatable bonds is 5. The predicted octanol–water partition coefficient (Wildman–Crippen LogP) is 2.01. The van der Waals surface area contributed by atoms with E-state index in [1.807, 2.05) is 6.07 Å². The second-order valence-corrected chi connectivity index (χ2v) is 5.27. The van der Waals surface area contributed by atoms with Crippen molar-refractivity contribution >= 4 is 23.5 Å². The Kier molecular flexibility index (Phi) is 5.54. The maximum atomic E-state index is 11.8. The average Bonchev–Trinajstić information content (AvgIpc) is 2.53. The van der Waals surface area contributed by atoms with Crippen molar-refractivity contribution in [1.29, 1.82) is 0 Å². The molecule has 0 aliphatic heterocycles. The van der Waals surface area contributed by atoms with Gasteiger partial charge in [0.1, 0.15) is 0 Å². The van der Waals surface area contributed by atoms with Gasteiger partial charge in [-0.25, -0.2) is 4.79 Å². The number of carbonyl (C=O) groups is 2. The number of hydrogen-bond donors (Lipinski definition) is 1. The second-order valence-electron chi connectivity index (χ2n) is 4.83. The highest BCUT2D eigenvalue weighted by atomic mass is 35.5. The highest BCUT2D eigenvalue weighted by molar-refractivity contribution is 6.30. The molecule has 0 bridgehead atoms. The van der Waals surface area contributed by atoms with Gasteiger partial charge >= 0.3 is 11.7 Å². The highest BCUT2D eigenvalue weighted by Crippen LogP contribution is 2.17. The first-order chi connectivity index (χ1) is 11.0. The zero-order valence-corrected chi connectivity index (χ0v) is 13.1. The Bertz CT molecular complexity index is 721. The molecule has 0 aliphatic rings. The lowest BCUT2D eigenvalue weighted by Crippen LogP contribution is -2.36. The molecule has 1 aromatic heterocycles. The Morgan fingerprint density at radius 3 is 2.78 bits per heavy atom. The number of halogens is 1. The fraction of sp³-hybridized carbons (Fsp3) is 0.188. The molecule has 1 N–H and O–H groups in total. The molecule has 0 spiro atoms. The summed E-state index contributed by atoms with van der Waals surface area (Å²) >= 11 is 5.90. The summed E-state index contributed by atoms with van der Waals surface area (Å²) in [5.74, 6) is -1.33. The van der Waals surface area contributed by atoms with Crippen molar-refractivity contribution < 1.29 is 19.1 Å². The summed E-state index contributed by atoms with van der Waals surface area (Å²) in [6, 6.07) is 11.1. The van der Waals surface area contributed by atoms with E-state index in [9.17, 15) is 14.8 Å². The molecule has 0 saturated carbocycles. The first-order valence-corrected chi connectivity index (χ1v) is 7.25. The van der Waals surface area contributed by atoms with Gasteiger partial charge in [0, 0.05) is 17.2 Å². The summed E-state index contributed by atoms with van der Waals surface area (Å²) < 4.78 is 5.22. The van der Waals surface area contributed by atoms with Crippen molar-refractivity contribution in [3.05, 3.63) is 70.1 Å². The summed E-state index contributed by atoms with van der Waals surface area (Å²) in [5, 5.41) is 14.7. The Morgan fingerprint density at radius 1 is 1.30 bits per heavy atom. The highest BCUT2D eigenvalue weighted by Gasteiger charge is 2.18. The molecule has 120 valence electrons. The van der Waals surface area contributed by atoms with Crippen LogP contribution in [0.1, 0.15) is 29.0 Å². The zero-order chi connectivity index (χ0) is 16.8. The molecule has 1 amide bonds. The number of ether oxygens (including phenoxy) is 1. The van der Waals surface area contributed by atoms with E-state index in [1.54, 1.807) is 25.1 Å². The Labute approximate surface area is 138 Å². The molecule has 1 heterocycles.